The molecule has 0 bridgehead atoms. The van der Waals surface area contributed by atoms with Crippen LogP contribution in [0, 0.1) is 0 Å². The van der Waals surface area contributed by atoms with E-state index in [-0.39, 0.29) is 12.5 Å². The van der Waals surface area contributed by atoms with Gasteiger partial charge in [-0.1, -0.05) is 96.8 Å². The van der Waals surface area contributed by atoms with Crippen molar-refractivity contribution in [3.8, 4) is 0 Å². The summed E-state index contributed by atoms with van der Waals surface area (Å²) in [5.41, 5.74) is 0. The maximum Gasteiger partial charge on any atom is 0.345 e. The first-order valence-electron chi connectivity index (χ1n) is 13.9. The maximum atomic E-state index is 12.8. The molecule has 6 nitrogen and oxygen atoms in total. The number of nitrogens with zero attached hydrogens (tertiary/aromatic N) is 1. The normalized spacial score (nSPS) is 22.9. The minimum atomic E-state index is -1.18. The summed E-state index contributed by atoms with van der Waals surface area (Å²) in [6.07, 6.45) is 20.7. The van der Waals surface area contributed by atoms with Gasteiger partial charge in [0.2, 0.25) is 6.10 Å². The van der Waals surface area contributed by atoms with E-state index in [9.17, 15) is 9.59 Å². The molecule has 0 aliphatic carbocycles. The lowest BCUT2D eigenvalue weighted by atomic mass is 10.0. The average molecular weight is 468 g/mol. The van der Waals surface area contributed by atoms with Gasteiger partial charge in [0.25, 0.3) is 11.8 Å². The van der Waals surface area contributed by atoms with Gasteiger partial charge in [-0.15, -0.1) is 0 Å². The Morgan fingerprint density at radius 3 is 2.03 bits per heavy atom. The fourth-order valence-corrected chi connectivity index (χ4v) is 4.96. The summed E-state index contributed by atoms with van der Waals surface area (Å²) in [4.78, 5) is 26.6. The molecule has 2 saturated heterocycles. The van der Waals surface area contributed by atoms with Crippen LogP contribution in [0.15, 0.2) is 0 Å². The van der Waals surface area contributed by atoms with Crippen molar-refractivity contribution in [3.05, 3.63) is 0 Å². The molecule has 0 aromatic carbocycles. The summed E-state index contributed by atoms with van der Waals surface area (Å²) in [5.74, 6) is -1.99. The molecule has 0 aromatic rings. The molecule has 2 atom stereocenters. The van der Waals surface area contributed by atoms with Gasteiger partial charge in [-0.3, -0.25) is 9.69 Å². The van der Waals surface area contributed by atoms with Crippen molar-refractivity contribution in [3.63, 3.8) is 0 Å². The Morgan fingerprint density at radius 1 is 0.879 bits per heavy atom. The van der Waals surface area contributed by atoms with E-state index in [1.807, 2.05) is 0 Å². The van der Waals surface area contributed by atoms with Crippen LogP contribution in [0.2, 0.25) is 0 Å². The Labute approximate surface area is 202 Å². The van der Waals surface area contributed by atoms with Gasteiger partial charge in [0.15, 0.2) is 0 Å². The molecule has 2 aliphatic rings. The largest absolute Gasteiger partial charge is 0.464 e. The number of carbonyl (C=O) groups excluding carboxylic acids is 2. The lowest BCUT2D eigenvalue weighted by Gasteiger charge is -2.34. The summed E-state index contributed by atoms with van der Waals surface area (Å²) in [6, 6.07) is 0. The fourth-order valence-electron chi connectivity index (χ4n) is 4.96. The predicted molar refractivity (Wildman–Crippen MR) is 131 cm³/mol. The highest BCUT2D eigenvalue weighted by Gasteiger charge is 2.56. The quantitative estimate of drug-likeness (QED) is 0.131. The molecule has 0 N–H and O–H groups in total. The molecule has 2 rings (SSSR count). The third kappa shape index (κ3) is 9.56. The van der Waals surface area contributed by atoms with Gasteiger partial charge < -0.3 is 14.2 Å². The number of rotatable bonds is 18. The second-order valence-corrected chi connectivity index (χ2v) is 9.71. The van der Waals surface area contributed by atoms with Crippen LogP contribution in [0.1, 0.15) is 129 Å². The second-order valence-electron chi connectivity index (χ2n) is 9.71. The van der Waals surface area contributed by atoms with Gasteiger partial charge in [0.1, 0.15) is 0 Å². The summed E-state index contributed by atoms with van der Waals surface area (Å²) >= 11 is 0. The molecule has 33 heavy (non-hydrogen) atoms. The molecule has 2 unspecified atom stereocenters. The van der Waals surface area contributed by atoms with Crippen LogP contribution >= 0.6 is 0 Å². The first-order valence-corrected chi connectivity index (χ1v) is 13.9. The number of fused-ring (bicyclic) bond motifs is 1. The van der Waals surface area contributed by atoms with Crippen LogP contribution in [0.3, 0.4) is 0 Å². The van der Waals surface area contributed by atoms with Gasteiger partial charge in [-0.05, 0) is 26.2 Å². The number of hydrogen-bond donors (Lipinski definition) is 0. The van der Waals surface area contributed by atoms with Gasteiger partial charge >= 0.3 is 5.97 Å². The van der Waals surface area contributed by atoms with E-state index in [1.54, 1.807) is 11.8 Å². The number of hydrogen-bond acceptors (Lipinski definition) is 5. The number of esters is 1. The van der Waals surface area contributed by atoms with Crippen LogP contribution in [-0.4, -0.2) is 48.5 Å². The molecule has 2 heterocycles. The Morgan fingerprint density at radius 2 is 1.45 bits per heavy atom. The van der Waals surface area contributed by atoms with E-state index in [4.69, 9.17) is 14.2 Å². The Balaban J connectivity index is 1.57. The molecular weight excluding hydrogens is 418 g/mol. The van der Waals surface area contributed by atoms with E-state index in [0.717, 1.165) is 32.1 Å². The number of ether oxygens (including phenoxy) is 3. The number of amides is 1. The monoisotopic (exact) mass is 467 g/mol. The van der Waals surface area contributed by atoms with Crippen molar-refractivity contribution >= 4 is 11.9 Å². The zero-order chi connectivity index (χ0) is 23.8. The van der Waals surface area contributed by atoms with Crippen molar-refractivity contribution in [1.29, 1.82) is 0 Å². The molecule has 0 radical (unpaired) electrons. The minimum Gasteiger partial charge on any atom is -0.464 e. The minimum absolute atomic E-state index is 0.235. The number of unbranched alkanes of at least 4 members (excludes halogenated alkanes) is 13. The van der Waals surface area contributed by atoms with Crippen LogP contribution in [-0.2, 0) is 23.8 Å². The molecule has 2 aliphatic heterocycles. The molecule has 0 aromatic heterocycles. The first-order chi connectivity index (χ1) is 16.1. The highest BCUT2D eigenvalue weighted by molar-refractivity contribution is 6.02. The van der Waals surface area contributed by atoms with Crippen LogP contribution in [0.4, 0.5) is 0 Å². The summed E-state index contributed by atoms with van der Waals surface area (Å²) in [5, 5.41) is 0. The van der Waals surface area contributed by atoms with Crippen LogP contribution < -0.4 is 0 Å². The lowest BCUT2D eigenvalue weighted by Crippen LogP contribution is -2.48. The molecule has 1 amide bonds. The van der Waals surface area contributed by atoms with E-state index in [0.29, 0.717) is 19.6 Å². The topological polar surface area (TPSA) is 65.1 Å². The SMILES string of the molecule is CCCCCCCCCCCCCCCCOC12CCCCCN1C(=O)C(C(=O)OCC)O2. The highest BCUT2D eigenvalue weighted by atomic mass is 16.7. The van der Waals surface area contributed by atoms with Gasteiger partial charge in [-0.25, -0.2) is 4.79 Å². The van der Waals surface area contributed by atoms with Crippen molar-refractivity contribution < 1.29 is 23.8 Å². The van der Waals surface area contributed by atoms with Crippen molar-refractivity contribution in [1.82, 2.24) is 4.90 Å². The standard InChI is InChI=1S/C27H49NO5/c1-3-5-6-7-8-9-10-11-12-13-14-15-16-20-23-32-27-21-18-17-19-22-28(27)25(29)24(33-27)26(30)31-4-2/h24H,3-23H2,1-2H3. The Kier molecular flexibility index (Phi) is 14.0. The van der Waals surface area contributed by atoms with Crippen molar-refractivity contribution in [2.75, 3.05) is 19.8 Å². The molecule has 2 fully saturated rings. The maximum absolute atomic E-state index is 12.8. The van der Waals surface area contributed by atoms with Crippen LogP contribution in [0.5, 0.6) is 0 Å². The predicted octanol–water partition coefficient (Wildman–Crippen LogP) is 6.50. The van der Waals surface area contributed by atoms with Gasteiger partial charge in [-0.2, -0.15) is 0 Å². The molecule has 0 saturated carbocycles. The fraction of sp³-hybridized carbons (Fsp3) is 0.926. The van der Waals surface area contributed by atoms with E-state index in [1.165, 1.54) is 77.0 Å². The van der Waals surface area contributed by atoms with E-state index in [2.05, 4.69) is 6.92 Å². The van der Waals surface area contributed by atoms with E-state index < -0.39 is 18.0 Å². The average Bonchev–Trinajstić information content (AvgIpc) is 2.95. The third-order valence-corrected chi connectivity index (χ3v) is 6.90. The third-order valence-electron chi connectivity index (χ3n) is 6.90. The number of carbonyl (C=O) groups is 2. The molecular formula is C27H49NO5. The van der Waals surface area contributed by atoms with Gasteiger partial charge in [0.05, 0.1) is 13.2 Å². The molecule has 0 spiro atoms. The van der Waals surface area contributed by atoms with E-state index >= 15 is 0 Å². The summed E-state index contributed by atoms with van der Waals surface area (Å²) in [7, 11) is 0. The molecule has 192 valence electrons. The summed E-state index contributed by atoms with van der Waals surface area (Å²) < 4.78 is 17.2. The van der Waals surface area contributed by atoms with Gasteiger partial charge in [0, 0.05) is 13.0 Å². The highest BCUT2D eigenvalue weighted by Crippen LogP contribution is 2.37. The molecule has 6 heteroatoms. The summed E-state index contributed by atoms with van der Waals surface area (Å²) in [6.45, 7) is 5.37. The zero-order valence-electron chi connectivity index (χ0n) is 21.4. The lowest BCUT2D eigenvalue weighted by molar-refractivity contribution is -0.286. The smallest absolute Gasteiger partial charge is 0.345 e. The Bertz CT molecular complexity index is 555. The Hall–Kier alpha value is -1.14. The zero-order valence-corrected chi connectivity index (χ0v) is 21.4. The van der Waals surface area contributed by atoms with Crippen molar-refractivity contribution in [2.24, 2.45) is 0 Å². The first kappa shape index (κ1) is 28.1. The second kappa shape index (κ2) is 16.5. The van der Waals surface area contributed by atoms with Crippen molar-refractivity contribution in [2.45, 2.75) is 141 Å². The van der Waals surface area contributed by atoms with Crippen LogP contribution in [0.25, 0.3) is 0 Å².